The van der Waals surface area contributed by atoms with Crippen LogP contribution in [0.2, 0.25) is 0 Å². The Balaban J connectivity index is 0.869. The molecule has 322 valence electrons. The zero-order chi connectivity index (χ0) is 45.4. The van der Waals surface area contributed by atoms with Crippen molar-refractivity contribution in [3.8, 4) is 39.1 Å². The molecule has 0 spiro atoms. The predicted molar refractivity (Wildman–Crippen MR) is 297 cm³/mol. The van der Waals surface area contributed by atoms with E-state index in [1.54, 1.807) is 0 Å². The third kappa shape index (κ3) is 6.54. The van der Waals surface area contributed by atoms with E-state index in [2.05, 4.69) is 264 Å². The first-order valence-corrected chi connectivity index (χ1v) is 24.5. The van der Waals surface area contributed by atoms with Crippen LogP contribution in [-0.2, 0) is 0 Å². The largest absolute Gasteiger partial charge is 0.310 e. The highest BCUT2D eigenvalue weighted by atomic mass is 32.1. The Morgan fingerprint density at radius 1 is 0.290 bits per heavy atom. The van der Waals surface area contributed by atoms with E-state index in [1.165, 1.54) is 102 Å². The van der Waals surface area contributed by atoms with Crippen LogP contribution >= 0.6 is 11.3 Å². The summed E-state index contributed by atoms with van der Waals surface area (Å²) in [6, 6.07) is 93.7. The molecule has 0 atom stereocenters. The van der Waals surface area contributed by atoms with Gasteiger partial charge in [0.15, 0.2) is 0 Å². The number of benzene rings is 12. The van der Waals surface area contributed by atoms with Gasteiger partial charge in [-0.2, -0.15) is 0 Å². The lowest BCUT2D eigenvalue weighted by molar-refractivity contribution is 1.18. The second-order valence-corrected chi connectivity index (χ2v) is 19.1. The highest BCUT2D eigenvalue weighted by Crippen LogP contribution is 2.43. The molecular formula is C66H42N2S. The zero-order valence-corrected chi connectivity index (χ0v) is 38.4. The molecule has 12 aromatic carbocycles. The summed E-state index contributed by atoms with van der Waals surface area (Å²) >= 11 is 1.89. The average Bonchev–Trinajstić information content (AvgIpc) is 3.97. The summed E-state index contributed by atoms with van der Waals surface area (Å²) in [5.74, 6) is 0. The number of rotatable bonds is 7. The van der Waals surface area contributed by atoms with E-state index >= 15 is 0 Å². The molecule has 2 nitrogen and oxygen atoms in total. The third-order valence-corrected chi connectivity index (χ3v) is 15.4. The number of fused-ring (bicyclic) bond motifs is 11. The van der Waals surface area contributed by atoms with Crippen molar-refractivity contribution in [2.45, 2.75) is 0 Å². The number of hydrogen-bond donors (Lipinski definition) is 0. The van der Waals surface area contributed by atoms with Crippen molar-refractivity contribution in [2.75, 3.05) is 4.90 Å². The van der Waals surface area contributed by atoms with Crippen molar-refractivity contribution in [2.24, 2.45) is 0 Å². The van der Waals surface area contributed by atoms with E-state index < -0.39 is 0 Å². The molecule has 69 heavy (non-hydrogen) atoms. The van der Waals surface area contributed by atoms with Gasteiger partial charge in [0.25, 0.3) is 0 Å². The van der Waals surface area contributed by atoms with Gasteiger partial charge in [0.1, 0.15) is 0 Å². The normalized spacial score (nSPS) is 11.8. The summed E-state index contributed by atoms with van der Waals surface area (Å²) in [6.07, 6.45) is 0. The maximum Gasteiger partial charge on any atom is 0.0541 e. The summed E-state index contributed by atoms with van der Waals surface area (Å²) in [7, 11) is 0. The summed E-state index contributed by atoms with van der Waals surface area (Å²) in [6.45, 7) is 0. The number of anilines is 3. The number of hydrogen-bond acceptors (Lipinski definition) is 2. The third-order valence-electron chi connectivity index (χ3n) is 14.2. The number of aromatic nitrogens is 1. The van der Waals surface area contributed by atoms with Crippen LogP contribution in [0.5, 0.6) is 0 Å². The highest BCUT2D eigenvalue weighted by Gasteiger charge is 2.18. The lowest BCUT2D eigenvalue weighted by Crippen LogP contribution is -2.10. The van der Waals surface area contributed by atoms with Crippen LogP contribution in [0.3, 0.4) is 0 Å². The molecule has 0 fully saturated rings. The molecule has 0 unspecified atom stereocenters. The molecule has 0 radical (unpaired) electrons. The molecule has 0 aliphatic rings. The van der Waals surface area contributed by atoms with Gasteiger partial charge in [-0.3, -0.25) is 0 Å². The van der Waals surface area contributed by atoms with Crippen molar-refractivity contribution in [1.82, 2.24) is 4.57 Å². The topological polar surface area (TPSA) is 8.17 Å². The highest BCUT2D eigenvalue weighted by molar-refractivity contribution is 7.26. The van der Waals surface area contributed by atoms with Crippen LogP contribution in [0.25, 0.3) is 113 Å². The quantitative estimate of drug-likeness (QED) is 0.145. The zero-order valence-electron chi connectivity index (χ0n) is 37.6. The molecular weight excluding hydrogens is 853 g/mol. The summed E-state index contributed by atoms with van der Waals surface area (Å²) in [4.78, 5) is 2.39. The van der Waals surface area contributed by atoms with E-state index in [4.69, 9.17) is 0 Å². The number of para-hydroxylation sites is 3. The van der Waals surface area contributed by atoms with Crippen molar-refractivity contribution in [3.05, 3.63) is 255 Å². The second-order valence-electron chi connectivity index (χ2n) is 18.1. The minimum Gasteiger partial charge on any atom is -0.310 e. The van der Waals surface area contributed by atoms with Crippen LogP contribution in [0.15, 0.2) is 255 Å². The van der Waals surface area contributed by atoms with Gasteiger partial charge >= 0.3 is 0 Å². The first-order chi connectivity index (χ1) is 34.2. The van der Waals surface area contributed by atoms with Crippen LogP contribution in [0, 0.1) is 0 Å². The first kappa shape index (κ1) is 39.4. The molecule has 14 aromatic rings. The van der Waals surface area contributed by atoms with Crippen molar-refractivity contribution >= 4 is 103 Å². The molecule has 0 amide bonds. The van der Waals surface area contributed by atoms with E-state index in [0.717, 1.165) is 28.3 Å². The SMILES string of the molecule is c1cc(-c2ccc3c(ccc4ccccc43)c2)cc(N(c2ccc(-c3ccc4c(c3)sc3c5ccccc5ccc43)cc2)c2ccc(-c3ccccc3-n3c4ccccc4c4ccccc43)cc2)c1. The van der Waals surface area contributed by atoms with Gasteiger partial charge < -0.3 is 9.47 Å². The molecule has 3 heteroatoms. The fraction of sp³-hybridized carbons (Fsp3) is 0. The monoisotopic (exact) mass is 894 g/mol. The van der Waals surface area contributed by atoms with E-state index in [0.29, 0.717) is 0 Å². The average molecular weight is 895 g/mol. The minimum atomic E-state index is 1.09. The smallest absolute Gasteiger partial charge is 0.0541 e. The molecule has 0 N–H and O–H groups in total. The maximum absolute atomic E-state index is 2.42. The van der Waals surface area contributed by atoms with E-state index in [-0.39, 0.29) is 0 Å². The Labute approximate surface area is 403 Å². The van der Waals surface area contributed by atoms with Crippen LogP contribution in [0.1, 0.15) is 0 Å². The summed E-state index contributed by atoms with van der Waals surface area (Å²) in [5, 5.41) is 12.8. The molecule has 2 aromatic heterocycles. The first-order valence-electron chi connectivity index (χ1n) is 23.6. The standard InChI is InChI=1S/C66H42N2S/c1-3-16-54-44(12-1)24-25-50-40-48(31-37-55(50)54)47-14-11-15-53(41-47)67(51-33-26-43(27-34-51)49-32-38-60-61-39-30-45-13-2-4-18-57(45)66(61)69-65(60)42-49)52-35-28-46(29-36-52)56-17-5-8-21-62(56)68-63-22-9-6-19-58(63)59-20-7-10-23-64(59)68/h1-42H. The fourth-order valence-electron chi connectivity index (χ4n) is 10.8. The van der Waals surface area contributed by atoms with Gasteiger partial charge in [-0.05, 0) is 127 Å². The lowest BCUT2D eigenvalue weighted by Gasteiger charge is -2.26. The lowest BCUT2D eigenvalue weighted by atomic mass is 9.97. The van der Waals surface area contributed by atoms with E-state index in [9.17, 15) is 0 Å². The van der Waals surface area contributed by atoms with Gasteiger partial charge in [0, 0.05) is 53.6 Å². The molecule has 0 bridgehead atoms. The number of nitrogens with zero attached hydrogens (tertiary/aromatic N) is 2. The predicted octanol–water partition coefficient (Wildman–Crippen LogP) is 19.1. The van der Waals surface area contributed by atoms with Crippen LogP contribution in [0.4, 0.5) is 17.1 Å². The summed E-state index contributed by atoms with van der Waals surface area (Å²) < 4.78 is 5.08. The Bertz CT molecular complexity index is 4260. The Hall–Kier alpha value is -8.76. The van der Waals surface area contributed by atoms with Gasteiger partial charge in [0.05, 0.1) is 16.7 Å². The van der Waals surface area contributed by atoms with Gasteiger partial charge in [-0.1, -0.05) is 188 Å². The summed E-state index contributed by atoms with van der Waals surface area (Å²) in [5.41, 5.74) is 14.0. The van der Waals surface area contributed by atoms with Gasteiger partial charge in [-0.15, -0.1) is 11.3 Å². The molecule has 0 saturated heterocycles. The minimum absolute atomic E-state index is 1.09. The Kier molecular flexibility index (Phi) is 9.11. The van der Waals surface area contributed by atoms with Gasteiger partial charge in [-0.25, -0.2) is 0 Å². The van der Waals surface area contributed by atoms with Crippen molar-refractivity contribution in [1.29, 1.82) is 0 Å². The van der Waals surface area contributed by atoms with Crippen molar-refractivity contribution in [3.63, 3.8) is 0 Å². The molecule has 0 aliphatic heterocycles. The van der Waals surface area contributed by atoms with Crippen LogP contribution < -0.4 is 4.90 Å². The molecule has 0 saturated carbocycles. The number of thiophene rings is 1. The Morgan fingerprint density at radius 3 is 1.57 bits per heavy atom. The fourth-order valence-corrected chi connectivity index (χ4v) is 12.1. The van der Waals surface area contributed by atoms with Crippen LogP contribution in [-0.4, -0.2) is 4.57 Å². The molecule has 2 heterocycles. The van der Waals surface area contributed by atoms with Gasteiger partial charge in [0.2, 0.25) is 0 Å². The Morgan fingerprint density at radius 2 is 0.812 bits per heavy atom. The maximum atomic E-state index is 2.42. The van der Waals surface area contributed by atoms with Crippen molar-refractivity contribution < 1.29 is 0 Å². The second kappa shape index (κ2) is 16.0. The molecule has 0 aliphatic carbocycles. The molecule has 14 rings (SSSR count). The van der Waals surface area contributed by atoms with E-state index in [1.807, 2.05) is 11.3 Å².